The second-order valence-electron chi connectivity index (χ2n) is 8.49. The van der Waals surface area contributed by atoms with Crippen molar-refractivity contribution in [3.8, 4) is 17.4 Å². The van der Waals surface area contributed by atoms with Gasteiger partial charge in [0.05, 0.1) is 31.2 Å². The van der Waals surface area contributed by atoms with Crippen molar-refractivity contribution in [2.75, 3.05) is 51.5 Å². The number of ether oxygens (including phenoxy) is 3. The molecule has 0 aliphatic carbocycles. The number of fused-ring (bicyclic) bond motifs is 1. The van der Waals surface area contributed by atoms with E-state index in [1.165, 1.54) is 19.3 Å². The fourth-order valence-electron chi connectivity index (χ4n) is 3.88. The maximum absolute atomic E-state index is 9.93. The predicted octanol–water partition coefficient (Wildman–Crippen LogP) is 3.92. The third kappa shape index (κ3) is 6.99. The van der Waals surface area contributed by atoms with E-state index in [0.717, 1.165) is 61.3 Å². The molecule has 8 nitrogen and oxygen atoms in total. The summed E-state index contributed by atoms with van der Waals surface area (Å²) in [4.78, 5) is 18.1. The first-order valence-electron chi connectivity index (χ1n) is 11.5. The Morgan fingerprint density at radius 3 is 2.52 bits per heavy atom. The zero-order valence-electron chi connectivity index (χ0n) is 19.8. The van der Waals surface area contributed by atoms with Crippen LogP contribution in [0.25, 0.3) is 0 Å². The van der Waals surface area contributed by atoms with Crippen LogP contribution in [0.5, 0.6) is 17.4 Å². The van der Waals surface area contributed by atoms with Crippen LogP contribution in [-0.4, -0.2) is 68.0 Å². The van der Waals surface area contributed by atoms with Crippen molar-refractivity contribution in [3.05, 3.63) is 36.0 Å². The lowest BCUT2D eigenvalue weighted by molar-refractivity contribution is -0.117. The zero-order valence-corrected chi connectivity index (χ0v) is 19.8. The largest absolute Gasteiger partial charge is 0.508 e. The lowest BCUT2D eigenvalue weighted by atomic mass is 10.2. The lowest BCUT2D eigenvalue weighted by Crippen LogP contribution is -2.28. The lowest BCUT2D eigenvalue weighted by Gasteiger charge is -2.31. The number of nitrogens with zero attached hydrogens (tertiary/aromatic N) is 3. The van der Waals surface area contributed by atoms with Crippen molar-refractivity contribution in [2.45, 2.75) is 33.1 Å². The molecule has 33 heavy (non-hydrogen) atoms. The summed E-state index contributed by atoms with van der Waals surface area (Å²) in [5.74, 6) is 2.43. The van der Waals surface area contributed by atoms with Crippen LogP contribution in [0.2, 0.25) is 0 Å². The number of aryl methyl sites for hydroxylation is 1. The number of hydrogen-bond acceptors (Lipinski definition) is 7. The number of amides is 1. The molecule has 1 N–H and O–H groups in total. The number of aromatic nitrogens is 1. The molecular weight excluding hydrogens is 422 g/mol. The van der Waals surface area contributed by atoms with Gasteiger partial charge in [-0.1, -0.05) is 6.92 Å². The summed E-state index contributed by atoms with van der Waals surface area (Å²) in [6.07, 6.45) is 6.34. The molecular formula is C25H35N3O5. The highest BCUT2D eigenvalue weighted by atomic mass is 16.5. The van der Waals surface area contributed by atoms with Crippen LogP contribution in [0.4, 0.5) is 11.4 Å². The Morgan fingerprint density at radius 1 is 1.18 bits per heavy atom. The summed E-state index contributed by atoms with van der Waals surface area (Å²) >= 11 is 0. The van der Waals surface area contributed by atoms with E-state index < -0.39 is 0 Å². The van der Waals surface area contributed by atoms with Gasteiger partial charge in [0, 0.05) is 37.9 Å². The molecule has 1 unspecified atom stereocenters. The van der Waals surface area contributed by atoms with Crippen LogP contribution in [0, 0.1) is 12.8 Å². The number of rotatable bonds is 3. The number of carbonyl (C=O) groups excluding carboxylic acids is 1. The van der Waals surface area contributed by atoms with E-state index >= 15 is 0 Å². The van der Waals surface area contributed by atoms with Crippen LogP contribution in [-0.2, 0) is 9.53 Å². The molecule has 1 aromatic heterocycles. The number of likely N-dealkylation sites (tertiary alicyclic amines) is 1. The average molecular weight is 458 g/mol. The van der Waals surface area contributed by atoms with Gasteiger partial charge < -0.3 is 29.1 Å². The maximum Gasteiger partial charge on any atom is 0.216 e. The van der Waals surface area contributed by atoms with Crippen LogP contribution < -0.4 is 14.4 Å². The number of anilines is 2. The molecule has 1 amide bonds. The van der Waals surface area contributed by atoms with Crippen molar-refractivity contribution in [1.82, 2.24) is 9.88 Å². The Morgan fingerprint density at radius 2 is 1.97 bits per heavy atom. The highest BCUT2D eigenvalue weighted by molar-refractivity contribution is 5.72. The van der Waals surface area contributed by atoms with Gasteiger partial charge in [0.1, 0.15) is 18.1 Å². The summed E-state index contributed by atoms with van der Waals surface area (Å²) in [5, 5.41) is 9.67. The summed E-state index contributed by atoms with van der Waals surface area (Å²) in [6.45, 7) is 9.41. The molecule has 1 aromatic carbocycles. The minimum atomic E-state index is 0.220. The van der Waals surface area contributed by atoms with Crippen molar-refractivity contribution >= 4 is 17.8 Å². The van der Waals surface area contributed by atoms with Gasteiger partial charge in [-0.15, -0.1) is 0 Å². The van der Waals surface area contributed by atoms with Gasteiger partial charge in [-0.3, -0.25) is 4.79 Å². The first-order valence-corrected chi connectivity index (χ1v) is 11.5. The summed E-state index contributed by atoms with van der Waals surface area (Å²) < 4.78 is 15.8. The maximum atomic E-state index is 9.93. The minimum Gasteiger partial charge on any atom is -0.508 e. The number of phenolic OH excluding ortho intramolecular Hbond substituents is 1. The number of pyridine rings is 1. The van der Waals surface area contributed by atoms with E-state index in [9.17, 15) is 9.90 Å². The van der Waals surface area contributed by atoms with Gasteiger partial charge in [-0.05, 0) is 50.3 Å². The number of benzene rings is 1. The Kier molecular flexibility index (Phi) is 9.18. The zero-order chi connectivity index (χ0) is 23.6. The predicted molar refractivity (Wildman–Crippen MR) is 128 cm³/mol. The topological polar surface area (TPSA) is 84.4 Å². The Labute approximate surface area is 196 Å². The fourth-order valence-corrected chi connectivity index (χ4v) is 3.88. The van der Waals surface area contributed by atoms with Crippen molar-refractivity contribution in [1.29, 1.82) is 0 Å². The molecule has 180 valence electrons. The highest BCUT2D eigenvalue weighted by Crippen LogP contribution is 2.39. The van der Waals surface area contributed by atoms with Crippen molar-refractivity contribution in [2.24, 2.45) is 5.92 Å². The highest BCUT2D eigenvalue weighted by Gasteiger charge is 2.21. The molecule has 3 aliphatic rings. The molecule has 5 rings (SSSR count). The van der Waals surface area contributed by atoms with E-state index in [1.807, 2.05) is 13.0 Å². The van der Waals surface area contributed by atoms with Gasteiger partial charge in [-0.2, -0.15) is 0 Å². The van der Waals surface area contributed by atoms with Crippen LogP contribution in [0.1, 0.15) is 31.7 Å². The van der Waals surface area contributed by atoms with Crippen molar-refractivity contribution in [3.63, 3.8) is 0 Å². The SMILES string of the molecule is CC1CCOC1.COc1ncc(N2CCOc3ccc(O)cc32)cc1C.O=CN1CCCC1. The van der Waals surface area contributed by atoms with E-state index in [-0.39, 0.29) is 5.75 Å². The molecule has 2 fully saturated rings. The number of carbonyl (C=O) groups is 1. The smallest absolute Gasteiger partial charge is 0.216 e. The molecule has 0 radical (unpaired) electrons. The molecule has 2 aromatic rings. The quantitative estimate of drug-likeness (QED) is 0.700. The summed E-state index contributed by atoms with van der Waals surface area (Å²) in [7, 11) is 1.61. The molecule has 0 spiro atoms. The molecule has 8 heteroatoms. The first kappa shape index (κ1) is 24.6. The van der Waals surface area contributed by atoms with Gasteiger partial charge in [0.15, 0.2) is 0 Å². The van der Waals surface area contributed by atoms with Gasteiger partial charge >= 0.3 is 0 Å². The first-order chi connectivity index (χ1) is 16.0. The second kappa shape index (κ2) is 12.3. The van der Waals surface area contributed by atoms with Gasteiger partial charge in [-0.25, -0.2) is 4.98 Å². The van der Waals surface area contributed by atoms with Crippen LogP contribution in [0.3, 0.4) is 0 Å². The van der Waals surface area contributed by atoms with Gasteiger partial charge in [0.25, 0.3) is 0 Å². The third-order valence-corrected chi connectivity index (χ3v) is 5.77. The average Bonchev–Trinajstić information content (AvgIpc) is 3.53. The van der Waals surface area contributed by atoms with Crippen LogP contribution in [0.15, 0.2) is 30.5 Å². The fraction of sp³-hybridized carbons (Fsp3) is 0.520. The molecule has 4 heterocycles. The molecule has 0 saturated carbocycles. The monoisotopic (exact) mass is 457 g/mol. The normalized spacial score (nSPS) is 18.8. The number of phenols is 1. The third-order valence-electron chi connectivity index (χ3n) is 5.77. The molecule has 1 atom stereocenters. The summed E-state index contributed by atoms with van der Waals surface area (Å²) in [5.41, 5.74) is 2.78. The number of hydrogen-bond donors (Lipinski definition) is 1. The second-order valence-corrected chi connectivity index (χ2v) is 8.49. The van der Waals surface area contributed by atoms with E-state index in [1.54, 1.807) is 36.4 Å². The Hall–Kier alpha value is -3.00. The molecule has 0 bridgehead atoms. The Bertz CT molecular complexity index is 896. The van der Waals surface area contributed by atoms with Crippen LogP contribution >= 0.6 is 0 Å². The van der Waals surface area contributed by atoms with E-state index in [4.69, 9.17) is 14.2 Å². The van der Waals surface area contributed by atoms with Gasteiger partial charge in [0.2, 0.25) is 12.3 Å². The molecule has 3 aliphatic heterocycles. The number of aromatic hydroxyl groups is 1. The number of methoxy groups -OCH3 is 1. The van der Waals surface area contributed by atoms with E-state index in [0.29, 0.717) is 19.0 Å². The standard InChI is InChI=1S/C15H16N2O3.C5H9NO.C5H10O/c1-10-7-11(9-16-15(10)19-2)17-5-6-20-14-4-3-12(18)8-13(14)17;7-5-6-3-1-2-4-6;1-5-2-3-6-4-5/h3-4,7-9,18H,5-6H2,1-2H3;5H,1-4H2;5H,2-4H2,1H3. The molecule has 2 saturated heterocycles. The minimum absolute atomic E-state index is 0.220. The van der Waals surface area contributed by atoms with Crippen molar-refractivity contribution < 1.29 is 24.1 Å². The Balaban J connectivity index is 0.000000191. The summed E-state index contributed by atoms with van der Waals surface area (Å²) in [6, 6.07) is 7.12. The van der Waals surface area contributed by atoms with E-state index in [2.05, 4.69) is 16.8 Å².